The van der Waals surface area contributed by atoms with E-state index in [4.69, 9.17) is 4.74 Å². The van der Waals surface area contributed by atoms with Gasteiger partial charge >= 0.3 is 6.18 Å². The summed E-state index contributed by atoms with van der Waals surface area (Å²) in [7, 11) is 1.53. The lowest BCUT2D eigenvalue weighted by Gasteiger charge is -2.21. The van der Waals surface area contributed by atoms with Crippen molar-refractivity contribution < 1.29 is 22.7 Å². The number of rotatable bonds is 7. The van der Waals surface area contributed by atoms with Crippen molar-refractivity contribution in [3.05, 3.63) is 59.2 Å². The van der Waals surface area contributed by atoms with Crippen molar-refractivity contribution >= 4 is 17.8 Å². The fraction of sp³-hybridized carbons (Fsp3) is 0.300. The highest BCUT2D eigenvalue weighted by atomic mass is 19.4. The predicted molar refractivity (Wildman–Crippen MR) is 103 cm³/mol. The molecule has 0 aliphatic rings. The summed E-state index contributed by atoms with van der Waals surface area (Å²) in [6.45, 7) is 5.80. The number of hydrazone groups is 1. The van der Waals surface area contributed by atoms with Crippen LogP contribution in [0.25, 0.3) is 0 Å². The Bertz CT molecular complexity index is 847. The van der Waals surface area contributed by atoms with E-state index in [2.05, 4.69) is 29.3 Å². The molecule has 0 unspecified atom stereocenters. The van der Waals surface area contributed by atoms with Crippen molar-refractivity contribution in [2.45, 2.75) is 20.0 Å². The second kappa shape index (κ2) is 9.25. The van der Waals surface area contributed by atoms with Crippen molar-refractivity contribution in [2.75, 3.05) is 25.1 Å². The molecule has 0 aromatic heterocycles. The Balaban J connectivity index is 2.13. The quantitative estimate of drug-likeness (QED) is 0.563. The van der Waals surface area contributed by atoms with E-state index < -0.39 is 17.6 Å². The minimum absolute atomic E-state index is 0.129. The maximum Gasteiger partial charge on any atom is 0.416 e. The fourth-order valence-corrected chi connectivity index (χ4v) is 2.65. The monoisotopic (exact) mass is 393 g/mol. The highest BCUT2D eigenvalue weighted by molar-refractivity contribution is 5.95. The number of nitrogens with one attached hydrogen (secondary N) is 1. The topological polar surface area (TPSA) is 53.9 Å². The molecule has 0 heterocycles. The highest BCUT2D eigenvalue weighted by Gasteiger charge is 2.30. The first-order chi connectivity index (χ1) is 13.3. The van der Waals surface area contributed by atoms with Crippen molar-refractivity contribution in [1.82, 2.24) is 5.43 Å². The first-order valence-corrected chi connectivity index (χ1v) is 8.73. The van der Waals surface area contributed by atoms with E-state index in [1.165, 1.54) is 25.5 Å². The molecule has 0 aliphatic heterocycles. The molecular formula is C20H22F3N3O2. The highest BCUT2D eigenvalue weighted by Crippen LogP contribution is 2.29. The van der Waals surface area contributed by atoms with Gasteiger partial charge in [-0.2, -0.15) is 18.3 Å². The molecule has 5 nitrogen and oxygen atoms in total. The molecule has 8 heteroatoms. The Morgan fingerprint density at radius 3 is 2.50 bits per heavy atom. The molecule has 0 spiro atoms. The number of carbonyl (C=O) groups is 1. The van der Waals surface area contributed by atoms with E-state index >= 15 is 0 Å². The van der Waals surface area contributed by atoms with E-state index in [1.54, 1.807) is 6.07 Å². The zero-order valence-corrected chi connectivity index (χ0v) is 15.9. The summed E-state index contributed by atoms with van der Waals surface area (Å²) >= 11 is 0. The molecule has 0 fully saturated rings. The molecule has 2 aromatic carbocycles. The fourth-order valence-electron chi connectivity index (χ4n) is 2.65. The molecule has 0 saturated carbocycles. The summed E-state index contributed by atoms with van der Waals surface area (Å²) in [5.74, 6) is -0.164. The number of methoxy groups -OCH3 is 1. The maximum absolute atomic E-state index is 12.8. The van der Waals surface area contributed by atoms with E-state index in [9.17, 15) is 18.0 Å². The van der Waals surface area contributed by atoms with Gasteiger partial charge in [0.1, 0.15) is 5.75 Å². The third-order valence-corrected chi connectivity index (χ3v) is 4.17. The van der Waals surface area contributed by atoms with E-state index in [0.717, 1.165) is 30.9 Å². The Hall–Kier alpha value is -3.03. The molecule has 0 saturated heterocycles. The minimum Gasteiger partial charge on any atom is -0.496 e. The molecule has 28 heavy (non-hydrogen) atoms. The van der Waals surface area contributed by atoms with E-state index in [1.807, 2.05) is 12.1 Å². The van der Waals surface area contributed by atoms with Crippen LogP contribution in [-0.2, 0) is 6.18 Å². The Morgan fingerprint density at radius 2 is 1.89 bits per heavy atom. The van der Waals surface area contributed by atoms with Gasteiger partial charge in [-0.25, -0.2) is 5.43 Å². The number of nitrogens with zero attached hydrogens (tertiary/aromatic N) is 2. The summed E-state index contributed by atoms with van der Waals surface area (Å²) < 4.78 is 43.6. The second-order valence-electron chi connectivity index (χ2n) is 5.88. The van der Waals surface area contributed by atoms with Gasteiger partial charge in [-0.3, -0.25) is 4.79 Å². The van der Waals surface area contributed by atoms with E-state index in [-0.39, 0.29) is 5.56 Å². The lowest BCUT2D eigenvalue weighted by Crippen LogP contribution is -2.21. The van der Waals surface area contributed by atoms with Crippen LogP contribution in [0, 0.1) is 0 Å². The molecule has 150 valence electrons. The van der Waals surface area contributed by atoms with Crippen molar-refractivity contribution in [3.63, 3.8) is 0 Å². The molecule has 0 radical (unpaired) electrons. The van der Waals surface area contributed by atoms with Crippen LogP contribution in [0.2, 0.25) is 0 Å². The number of benzene rings is 2. The maximum atomic E-state index is 12.8. The lowest BCUT2D eigenvalue weighted by atomic mass is 10.1. The summed E-state index contributed by atoms with van der Waals surface area (Å²) in [5, 5.41) is 3.83. The van der Waals surface area contributed by atoms with Crippen molar-refractivity contribution in [3.8, 4) is 5.75 Å². The van der Waals surface area contributed by atoms with E-state index in [0.29, 0.717) is 11.3 Å². The number of carbonyl (C=O) groups excluding carboxylic acids is 1. The Kier molecular flexibility index (Phi) is 7.03. The molecule has 2 aromatic rings. The van der Waals surface area contributed by atoms with Crippen LogP contribution in [0.5, 0.6) is 5.75 Å². The molecule has 0 bridgehead atoms. The van der Waals surface area contributed by atoms with Crippen LogP contribution >= 0.6 is 0 Å². The minimum atomic E-state index is -4.51. The molecular weight excluding hydrogens is 371 g/mol. The first kappa shape index (κ1) is 21.3. The largest absolute Gasteiger partial charge is 0.496 e. The second-order valence-corrected chi connectivity index (χ2v) is 5.88. The Morgan fingerprint density at radius 1 is 1.18 bits per heavy atom. The van der Waals surface area contributed by atoms with Gasteiger partial charge in [-0.1, -0.05) is 6.07 Å². The number of ether oxygens (including phenoxy) is 1. The summed E-state index contributed by atoms with van der Waals surface area (Å²) in [6.07, 6.45) is -3.13. The smallest absolute Gasteiger partial charge is 0.416 e. The predicted octanol–water partition coefficient (Wildman–Crippen LogP) is 4.32. The van der Waals surface area contributed by atoms with Crippen LogP contribution in [0.1, 0.15) is 35.3 Å². The van der Waals surface area contributed by atoms with Gasteiger partial charge in [-0.05, 0) is 44.2 Å². The van der Waals surface area contributed by atoms with Gasteiger partial charge in [-0.15, -0.1) is 0 Å². The molecule has 0 atom stereocenters. The zero-order chi connectivity index (χ0) is 20.7. The number of alkyl halides is 3. The number of halogens is 3. The molecule has 1 amide bonds. The van der Waals surface area contributed by atoms with Crippen molar-refractivity contribution in [1.29, 1.82) is 0 Å². The summed E-state index contributed by atoms with van der Waals surface area (Å²) in [6, 6.07) is 9.73. The van der Waals surface area contributed by atoms with Crippen molar-refractivity contribution in [2.24, 2.45) is 5.10 Å². The third kappa shape index (κ3) is 5.25. The molecule has 2 rings (SSSR count). The van der Waals surface area contributed by atoms with Crippen LogP contribution in [0.15, 0.2) is 47.6 Å². The van der Waals surface area contributed by atoms with Gasteiger partial charge in [0, 0.05) is 36.0 Å². The Labute approximate surface area is 161 Å². The summed E-state index contributed by atoms with van der Waals surface area (Å²) in [5.41, 5.74) is 2.83. The van der Waals surface area contributed by atoms with Crippen LogP contribution in [0.4, 0.5) is 18.9 Å². The van der Waals surface area contributed by atoms with Gasteiger partial charge in [0.25, 0.3) is 5.91 Å². The molecule has 1 N–H and O–H groups in total. The van der Waals surface area contributed by atoms with Crippen LogP contribution in [-0.4, -0.2) is 32.3 Å². The third-order valence-electron chi connectivity index (χ3n) is 4.17. The van der Waals surface area contributed by atoms with Gasteiger partial charge in [0.15, 0.2) is 0 Å². The number of hydrogen-bond acceptors (Lipinski definition) is 4. The normalized spacial score (nSPS) is 11.5. The van der Waals surface area contributed by atoms with Gasteiger partial charge in [0.2, 0.25) is 0 Å². The number of anilines is 1. The SMILES string of the molecule is CCN(CC)c1ccc(/C=N\NC(=O)c2cccc(C(F)(F)F)c2)c(OC)c1. The summed E-state index contributed by atoms with van der Waals surface area (Å²) in [4.78, 5) is 14.2. The number of hydrogen-bond donors (Lipinski definition) is 1. The van der Waals surface area contributed by atoms with Crippen LogP contribution < -0.4 is 15.1 Å². The first-order valence-electron chi connectivity index (χ1n) is 8.73. The van der Waals surface area contributed by atoms with Gasteiger partial charge in [0.05, 0.1) is 18.9 Å². The average molecular weight is 393 g/mol. The number of amides is 1. The lowest BCUT2D eigenvalue weighted by molar-refractivity contribution is -0.137. The molecule has 0 aliphatic carbocycles. The average Bonchev–Trinajstić information content (AvgIpc) is 2.69. The van der Waals surface area contributed by atoms with Crippen LogP contribution in [0.3, 0.4) is 0 Å². The zero-order valence-electron chi connectivity index (χ0n) is 15.9. The van der Waals surface area contributed by atoms with Gasteiger partial charge < -0.3 is 9.64 Å². The standard InChI is InChI=1S/C20H22F3N3O2/c1-4-26(5-2)17-10-9-15(18(12-17)28-3)13-24-25-19(27)14-7-6-8-16(11-14)20(21,22)23/h6-13H,4-5H2,1-3H3,(H,25,27)/b24-13-.